The van der Waals surface area contributed by atoms with Gasteiger partial charge in [-0.05, 0) is 46.0 Å². The van der Waals surface area contributed by atoms with Crippen LogP contribution in [0.25, 0.3) is 34.2 Å². The van der Waals surface area contributed by atoms with E-state index < -0.39 is 0 Å². The van der Waals surface area contributed by atoms with Crippen molar-refractivity contribution in [3.63, 3.8) is 0 Å². The van der Waals surface area contributed by atoms with E-state index >= 15 is 0 Å². The monoisotopic (exact) mass is 475 g/mol. The third-order valence-corrected chi connectivity index (χ3v) is 6.62. The Kier molecular flexibility index (Phi) is 6.02. The number of pyridine rings is 1. The van der Waals surface area contributed by atoms with Gasteiger partial charge in [-0.2, -0.15) is 0 Å². The number of nitrogens with one attached hydrogen (secondary N) is 2. The number of allylic oxidation sites excluding steroid dienone is 1. The van der Waals surface area contributed by atoms with E-state index in [-0.39, 0.29) is 0 Å². The van der Waals surface area contributed by atoms with E-state index in [0.29, 0.717) is 5.71 Å². The summed E-state index contributed by atoms with van der Waals surface area (Å²) in [5, 5.41) is 13.1. The Morgan fingerprint density at radius 1 is 0.568 bits per heavy atom. The topological polar surface area (TPSA) is 48.8 Å². The molecular formula is C34H25N3. The van der Waals surface area contributed by atoms with E-state index in [9.17, 15) is 5.41 Å². The molecule has 6 rings (SSSR count). The number of hydrogen-bond donors (Lipinski definition) is 2. The Labute approximate surface area is 217 Å². The molecule has 37 heavy (non-hydrogen) atoms. The Bertz CT molecular complexity index is 1620. The zero-order valence-electron chi connectivity index (χ0n) is 20.2. The molecule has 176 valence electrons. The molecule has 1 aliphatic rings. The summed E-state index contributed by atoms with van der Waals surface area (Å²) in [5.41, 5.74) is 10.7. The molecule has 0 bridgehead atoms. The lowest BCUT2D eigenvalue weighted by atomic mass is 9.87. The van der Waals surface area contributed by atoms with Crippen LogP contribution in [0.5, 0.6) is 0 Å². The third kappa shape index (κ3) is 4.51. The van der Waals surface area contributed by atoms with Gasteiger partial charge in [0.05, 0.1) is 11.4 Å². The first-order valence-electron chi connectivity index (χ1n) is 12.3. The molecule has 3 heteroatoms. The van der Waals surface area contributed by atoms with Crippen LogP contribution in [-0.4, -0.2) is 10.7 Å². The molecular weight excluding hydrogens is 450 g/mol. The van der Waals surface area contributed by atoms with Crippen molar-refractivity contribution in [3.05, 3.63) is 162 Å². The molecule has 0 saturated heterocycles. The van der Waals surface area contributed by atoms with E-state index in [2.05, 4.69) is 77.0 Å². The van der Waals surface area contributed by atoms with Gasteiger partial charge < -0.3 is 5.32 Å². The molecule has 3 nitrogen and oxygen atoms in total. The SMILES string of the molecule is N=C(/C(=C1\NC(c2ccccc2)=Cc2ccccc21)c1ccc(-c2ccncc2)cc1)c1ccccc1. The smallest absolute Gasteiger partial charge is 0.0711 e. The molecule has 0 radical (unpaired) electrons. The number of rotatable bonds is 5. The second kappa shape index (κ2) is 9.92. The minimum atomic E-state index is 0.476. The summed E-state index contributed by atoms with van der Waals surface area (Å²) >= 11 is 0. The second-order valence-electron chi connectivity index (χ2n) is 8.94. The summed E-state index contributed by atoms with van der Waals surface area (Å²) in [6.07, 6.45) is 5.80. The van der Waals surface area contributed by atoms with Crippen molar-refractivity contribution in [1.82, 2.24) is 10.3 Å². The van der Waals surface area contributed by atoms with E-state index in [0.717, 1.165) is 55.9 Å². The first-order chi connectivity index (χ1) is 18.3. The molecule has 2 N–H and O–H groups in total. The maximum Gasteiger partial charge on any atom is 0.0711 e. The fraction of sp³-hybridized carbons (Fsp3) is 0. The number of hydrogen-bond acceptors (Lipinski definition) is 3. The van der Waals surface area contributed by atoms with Gasteiger partial charge in [-0.15, -0.1) is 0 Å². The molecule has 0 aliphatic carbocycles. The van der Waals surface area contributed by atoms with Crippen LogP contribution in [0, 0.1) is 5.41 Å². The average Bonchev–Trinajstić information content (AvgIpc) is 2.99. The van der Waals surface area contributed by atoms with Gasteiger partial charge in [0.1, 0.15) is 0 Å². The highest BCUT2D eigenvalue weighted by Gasteiger charge is 2.23. The Balaban J connectivity index is 1.55. The summed E-state index contributed by atoms with van der Waals surface area (Å²) in [5.74, 6) is 0. The molecule has 0 spiro atoms. The Hall–Kier alpha value is -5.02. The lowest BCUT2D eigenvalue weighted by Crippen LogP contribution is -2.20. The zero-order chi connectivity index (χ0) is 25.0. The van der Waals surface area contributed by atoms with E-state index in [1.54, 1.807) is 0 Å². The molecule has 1 aromatic heterocycles. The van der Waals surface area contributed by atoms with E-state index in [1.807, 2.05) is 73.1 Å². The average molecular weight is 476 g/mol. The summed E-state index contributed by atoms with van der Waals surface area (Å²) in [6, 6.07) is 41.1. The van der Waals surface area contributed by atoms with Gasteiger partial charge in [0.2, 0.25) is 0 Å². The van der Waals surface area contributed by atoms with Crippen LogP contribution >= 0.6 is 0 Å². The molecule has 0 unspecified atom stereocenters. The number of aromatic nitrogens is 1. The summed E-state index contributed by atoms with van der Waals surface area (Å²) in [7, 11) is 0. The van der Waals surface area contributed by atoms with Crippen molar-refractivity contribution in [2.75, 3.05) is 0 Å². The lowest BCUT2D eigenvalue weighted by molar-refractivity contribution is 1.22. The lowest BCUT2D eigenvalue weighted by Gasteiger charge is -2.26. The molecule has 4 aromatic carbocycles. The van der Waals surface area contributed by atoms with Gasteiger partial charge in [-0.3, -0.25) is 10.4 Å². The van der Waals surface area contributed by atoms with Crippen molar-refractivity contribution in [2.24, 2.45) is 0 Å². The molecule has 5 aromatic rings. The van der Waals surface area contributed by atoms with Crippen LogP contribution in [0.4, 0.5) is 0 Å². The summed E-state index contributed by atoms with van der Waals surface area (Å²) in [4.78, 5) is 4.14. The van der Waals surface area contributed by atoms with Crippen molar-refractivity contribution in [2.45, 2.75) is 0 Å². The van der Waals surface area contributed by atoms with Crippen LogP contribution in [0.1, 0.15) is 27.8 Å². The van der Waals surface area contributed by atoms with Crippen molar-refractivity contribution < 1.29 is 0 Å². The third-order valence-electron chi connectivity index (χ3n) is 6.62. The van der Waals surface area contributed by atoms with Gasteiger partial charge in [-0.25, -0.2) is 0 Å². The fourth-order valence-electron chi connectivity index (χ4n) is 4.75. The molecule has 2 heterocycles. The highest BCUT2D eigenvalue weighted by molar-refractivity contribution is 6.36. The van der Waals surface area contributed by atoms with Crippen LogP contribution in [0.15, 0.2) is 134 Å². The van der Waals surface area contributed by atoms with Crippen molar-refractivity contribution in [1.29, 1.82) is 5.41 Å². The number of benzene rings is 4. The van der Waals surface area contributed by atoms with Crippen LogP contribution < -0.4 is 5.32 Å². The fourth-order valence-corrected chi connectivity index (χ4v) is 4.75. The molecule has 0 saturated carbocycles. The van der Waals surface area contributed by atoms with Crippen LogP contribution in [0.3, 0.4) is 0 Å². The predicted molar refractivity (Wildman–Crippen MR) is 154 cm³/mol. The normalized spacial score (nSPS) is 13.7. The minimum Gasteiger partial charge on any atom is -0.354 e. The standard InChI is InChI=1S/C34H25N3/c35-33(28-11-5-2-6-12-28)32(27-17-15-24(16-18-27)25-19-21-36-22-20-25)34-30-14-8-7-13-29(30)23-31(37-34)26-9-3-1-4-10-26/h1-23,35,37H/b34-32-,35-33?. The predicted octanol–water partition coefficient (Wildman–Crippen LogP) is 7.79. The second-order valence-corrected chi connectivity index (χ2v) is 8.94. The molecule has 0 fully saturated rings. The van der Waals surface area contributed by atoms with Gasteiger partial charge in [0.15, 0.2) is 0 Å². The minimum absolute atomic E-state index is 0.476. The maximum atomic E-state index is 9.36. The maximum absolute atomic E-state index is 9.36. The van der Waals surface area contributed by atoms with E-state index in [1.165, 1.54) is 0 Å². The van der Waals surface area contributed by atoms with Crippen LogP contribution in [-0.2, 0) is 0 Å². The Morgan fingerprint density at radius 3 is 1.92 bits per heavy atom. The molecule has 0 atom stereocenters. The van der Waals surface area contributed by atoms with Crippen molar-refractivity contribution >= 4 is 28.8 Å². The zero-order valence-corrected chi connectivity index (χ0v) is 20.2. The van der Waals surface area contributed by atoms with Gasteiger partial charge in [0, 0.05) is 34.8 Å². The number of nitrogens with zero attached hydrogens (tertiary/aromatic N) is 1. The van der Waals surface area contributed by atoms with Crippen LogP contribution in [0.2, 0.25) is 0 Å². The number of fused-ring (bicyclic) bond motifs is 1. The highest BCUT2D eigenvalue weighted by Crippen LogP contribution is 2.36. The quantitative estimate of drug-likeness (QED) is 0.255. The van der Waals surface area contributed by atoms with E-state index in [4.69, 9.17) is 0 Å². The van der Waals surface area contributed by atoms with Gasteiger partial charge in [-0.1, -0.05) is 109 Å². The van der Waals surface area contributed by atoms with Gasteiger partial charge >= 0.3 is 0 Å². The largest absolute Gasteiger partial charge is 0.354 e. The molecule has 0 amide bonds. The van der Waals surface area contributed by atoms with Gasteiger partial charge in [0.25, 0.3) is 0 Å². The first kappa shape index (κ1) is 22.4. The summed E-state index contributed by atoms with van der Waals surface area (Å²) < 4.78 is 0. The Morgan fingerprint density at radius 2 is 1.19 bits per heavy atom. The molecule has 1 aliphatic heterocycles. The highest BCUT2D eigenvalue weighted by atomic mass is 14.9. The first-order valence-corrected chi connectivity index (χ1v) is 12.3. The van der Waals surface area contributed by atoms with Crippen molar-refractivity contribution in [3.8, 4) is 11.1 Å². The summed E-state index contributed by atoms with van der Waals surface area (Å²) in [6.45, 7) is 0.